The van der Waals surface area contributed by atoms with E-state index in [1.165, 1.54) is 11.3 Å². The minimum Gasteiger partial charge on any atom is -0.494 e. The van der Waals surface area contributed by atoms with Gasteiger partial charge in [0.1, 0.15) is 5.75 Å². The quantitative estimate of drug-likeness (QED) is 0.865. The molecule has 0 bridgehead atoms. The second kappa shape index (κ2) is 7.63. The minimum atomic E-state index is -0.848. The SMILES string of the molecule is CCOc1ccc(-c2nc(N3CCOCC3)sc2CC(=O)O)cc1. The predicted octanol–water partition coefficient (Wildman–Crippen LogP) is 2.67. The molecule has 1 N–H and O–H groups in total. The van der Waals surface area contributed by atoms with Crippen LogP contribution in [0.4, 0.5) is 5.13 Å². The van der Waals surface area contributed by atoms with Gasteiger partial charge in [-0.3, -0.25) is 4.79 Å². The van der Waals surface area contributed by atoms with Crippen LogP contribution in [0.1, 0.15) is 11.8 Å². The van der Waals surface area contributed by atoms with Crippen LogP contribution in [0.3, 0.4) is 0 Å². The van der Waals surface area contributed by atoms with Gasteiger partial charge in [-0.15, -0.1) is 11.3 Å². The molecule has 1 aliphatic rings. The monoisotopic (exact) mass is 348 g/mol. The van der Waals surface area contributed by atoms with E-state index in [0.29, 0.717) is 19.8 Å². The highest BCUT2D eigenvalue weighted by atomic mass is 32.1. The zero-order valence-electron chi connectivity index (χ0n) is 13.5. The smallest absolute Gasteiger partial charge is 0.308 e. The van der Waals surface area contributed by atoms with Gasteiger partial charge in [-0.2, -0.15) is 0 Å². The average molecular weight is 348 g/mol. The molecule has 2 aromatic rings. The van der Waals surface area contributed by atoms with Gasteiger partial charge in [0.2, 0.25) is 0 Å². The molecule has 1 aromatic heterocycles. The van der Waals surface area contributed by atoms with Crippen molar-refractivity contribution >= 4 is 22.4 Å². The number of thiazole rings is 1. The third-order valence-electron chi connectivity index (χ3n) is 3.72. The van der Waals surface area contributed by atoms with Crippen molar-refractivity contribution in [1.29, 1.82) is 0 Å². The number of anilines is 1. The molecule has 2 heterocycles. The Hall–Kier alpha value is -2.12. The molecule has 3 rings (SSSR count). The van der Waals surface area contributed by atoms with Crippen molar-refractivity contribution in [2.75, 3.05) is 37.8 Å². The molecule has 1 aliphatic heterocycles. The van der Waals surface area contributed by atoms with Gasteiger partial charge in [0, 0.05) is 23.5 Å². The Morgan fingerprint density at radius 3 is 2.67 bits per heavy atom. The van der Waals surface area contributed by atoms with Crippen LogP contribution in [-0.2, 0) is 16.0 Å². The lowest BCUT2D eigenvalue weighted by Gasteiger charge is -2.26. The van der Waals surface area contributed by atoms with Crippen molar-refractivity contribution in [1.82, 2.24) is 4.98 Å². The fraction of sp³-hybridized carbons (Fsp3) is 0.412. The first-order chi connectivity index (χ1) is 11.7. The van der Waals surface area contributed by atoms with Gasteiger partial charge in [0.15, 0.2) is 5.13 Å². The normalized spacial score (nSPS) is 14.6. The fourth-order valence-corrected chi connectivity index (χ4v) is 3.71. The second-order valence-electron chi connectivity index (χ2n) is 5.40. The zero-order chi connectivity index (χ0) is 16.9. The summed E-state index contributed by atoms with van der Waals surface area (Å²) < 4.78 is 10.8. The third kappa shape index (κ3) is 3.85. The number of carboxylic acid groups (broad SMARTS) is 1. The van der Waals surface area contributed by atoms with E-state index in [2.05, 4.69) is 4.90 Å². The number of aliphatic carboxylic acids is 1. The number of nitrogens with zero attached hydrogens (tertiary/aromatic N) is 2. The first-order valence-electron chi connectivity index (χ1n) is 7.94. The van der Waals surface area contributed by atoms with Gasteiger partial charge in [-0.05, 0) is 31.2 Å². The van der Waals surface area contributed by atoms with E-state index in [9.17, 15) is 9.90 Å². The molecule has 24 heavy (non-hydrogen) atoms. The Morgan fingerprint density at radius 2 is 2.04 bits per heavy atom. The van der Waals surface area contributed by atoms with Crippen molar-refractivity contribution < 1.29 is 19.4 Å². The molecule has 7 heteroatoms. The molecule has 0 atom stereocenters. The largest absolute Gasteiger partial charge is 0.494 e. The maximum atomic E-state index is 11.2. The third-order valence-corrected chi connectivity index (χ3v) is 4.83. The first-order valence-corrected chi connectivity index (χ1v) is 8.76. The first kappa shape index (κ1) is 16.7. The van der Waals surface area contributed by atoms with Crippen LogP contribution in [0.15, 0.2) is 24.3 Å². The highest BCUT2D eigenvalue weighted by molar-refractivity contribution is 7.16. The van der Waals surface area contributed by atoms with Crippen LogP contribution < -0.4 is 9.64 Å². The topological polar surface area (TPSA) is 71.9 Å². The molecular formula is C17H20N2O4S. The van der Waals surface area contributed by atoms with Crippen LogP contribution in [-0.4, -0.2) is 49.0 Å². The van der Waals surface area contributed by atoms with E-state index in [1.54, 1.807) is 0 Å². The molecule has 1 fully saturated rings. The lowest BCUT2D eigenvalue weighted by Crippen LogP contribution is -2.36. The van der Waals surface area contributed by atoms with E-state index in [4.69, 9.17) is 14.5 Å². The van der Waals surface area contributed by atoms with Gasteiger partial charge in [-0.25, -0.2) is 4.98 Å². The van der Waals surface area contributed by atoms with Crippen LogP contribution in [0, 0.1) is 0 Å². The Bertz CT molecular complexity index is 693. The van der Waals surface area contributed by atoms with Crippen molar-refractivity contribution in [3.05, 3.63) is 29.1 Å². The fourth-order valence-electron chi connectivity index (χ4n) is 2.59. The number of carboxylic acids is 1. The van der Waals surface area contributed by atoms with Gasteiger partial charge in [-0.1, -0.05) is 0 Å². The van der Waals surface area contributed by atoms with E-state index < -0.39 is 5.97 Å². The summed E-state index contributed by atoms with van der Waals surface area (Å²) in [6, 6.07) is 7.62. The standard InChI is InChI=1S/C17H20N2O4S/c1-2-23-13-5-3-12(4-6-13)16-14(11-15(20)21)24-17(18-16)19-7-9-22-10-8-19/h3-6H,2,7-11H2,1H3,(H,20,21). The molecular weight excluding hydrogens is 328 g/mol. The lowest BCUT2D eigenvalue weighted by atomic mass is 10.1. The Kier molecular flexibility index (Phi) is 5.32. The summed E-state index contributed by atoms with van der Waals surface area (Å²) >= 11 is 1.45. The van der Waals surface area contributed by atoms with E-state index in [1.807, 2.05) is 31.2 Å². The summed E-state index contributed by atoms with van der Waals surface area (Å²) in [5, 5.41) is 10.1. The second-order valence-corrected chi connectivity index (χ2v) is 6.46. The summed E-state index contributed by atoms with van der Waals surface area (Å²) in [5.41, 5.74) is 1.65. The molecule has 1 aromatic carbocycles. The summed E-state index contributed by atoms with van der Waals surface area (Å²) in [4.78, 5) is 18.8. The van der Waals surface area contributed by atoms with E-state index in [0.717, 1.165) is 40.1 Å². The summed E-state index contributed by atoms with van der Waals surface area (Å²) in [6.07, 6.45) is -0.0233. The van der Waals surface area contributed by atoms with E-state index in [-0.39, 0.29) is 6.42 Å². The highest BCUT2D eigenvalue weighted by Gasteiger charge is 2.20. The van der Waals surface area contributed by atoms with Crippen molar-refractivity contribution in [2.24, 2.45) is 0 Å². The summed E-state index contributed by atoms with van der Waals surface area (Å²) in [6.45, 7) is 5.46. The van der Waals surface area contributed by atoms with E-state index >= 15 is 0 Å². The lowest BCUT2D eigenvalue weighted by molar-refractivity contribution is -0.136. The molecule has 0 radical (unpaired) electrons. The number of morpholine rings is 1. The number of carbonyl (C=O) groups is 1. The van der Waals surface area contributed by atoms with Gasteiger partial charge in [0.25, 0.3) is 0 Å². The van der Waals surface area contributed by atoms with Gasteiger partial charge >= 0.3 is 5.97 Å². The van der Waals surface area contributed by atoms with Crippen LogP contribution in [0.25, 0.3) is 11.3 Å². The molecule has 0 amide bonds. The maximum Gasteiger partial charge on any atom is 0.308 e. The summed E-state index contributed by atoms with van der Waals surface area (Å²) in [7, 11) is 0. The number of ether oxygens (including phenoxy) is 2. The number of hydrogen-bond donors (Lipinski definition) is 1. The Labute approximate surface area is 144 Å². The van der Waals surface area contributed by atoms with Crippen LogP contribution in [0.5, 0.6) is 5.75 Å². The maximum absolute atomic E-state index is 11.2. The zero-order valence-corrected chi connectivity index (χ0v) is 14.3. The highest BCUT2D eigenvalue weighted by Crippen LogP contribution is 2.34. The minimum absolute atomic E-state index is 0.0233. The summed E-state index contributed by atoms with van der Waals surface area (Å²) in [5.74, 6) is -0.0518. The number of benzene rings is 1. The molecule has 6 nitrogen and oxygen atoms in total. The molecule has 0 unspecified atom stereocenters. The molecule has 0 spiro atoms. The van der Waals surface area contributed by atoms with Gasteiger partial charge in [0.05, 0.1) is 31.9 Å². The number of rotatable bonds is 6. The van der Waals surface area contributed by atoms with Crippen molar-refractivity contribution in [2.45, 2.75) is 13.3 Å². The van der Waals surface area contributed by atoms with Crippen molar-refractivity contribution in [3.63, 3.8) is 0 Å². The Morgan fingerprint density at radius 1 is 1.33 bits per heavy atom. The number of aromatic nitrogens is 1. The van der Waals surface area contributed by atoms with Crippen LogP contribution in [0.2, 0.25) is 0 Å². The molecule has 128 valence electrons. The van der Waals surface area contributed by atoms with Crippen molar-refractivity contribution in [3.8, 4) is 17.0 Å². The number of hydrogen-bond acceptors (Lipinski definition) is 6. The van der Waals surface area contributed by atoms with Crippen LogP contribution >= 0.6 is 11.3 Å². The Balaban J connectivity index is 1.91. The molecule has 0 saturated carbocycles. The molecule has 0 aliphatic carbocycles. The predicted molar refractivity (Wildman–Crippen MR) is 93.1 cm³/mol. The van der Waals surface area contributed by atoms with Gasteiger partial charge < -0.3 is 19.5 Å². The molecule has 1 saturated heterocycles. The average Bonchev–Trinajstić information content (AvgIpc) is 3.00.